The molecule has 4 aromatic rings. The number of rotatable bonds is 7. The summed E-state index contributed by atoms with van der Waals surface area (Å²) >= 11 is 7.81. The Kier molecular flexibility index (Phi) is 8.28. The minimum atomic E-state index is -0.829. The summed E-state index contributed by atoms with van der Waals surface area (Å²) in [6, 6.07) is 6.94. The van der Waals surface area contributed by atoms with Gasteiger partial charge in [-0.15, -0.1) is 11.3 Å². The minimum absolute atomic E-state index is 0.00448. The normalized spacial score (nSPS) is 24.1. The summed E-state index contributed by atoms with van der Waals surface area (Å²) in [5.74, 6) is -0.753. The number of benzene rings is 2. The van der Waals surface area contributed by atoms with E-state index in [4.69, 9.17) is 31.8 Å². The zero-order valence-corrected chi connectivity index (χ0v) is 27.8. The second-order valence-electron chi connectivity index (χ2n) is 13.6. The minimum Gasteiger partial charge on any atom is -0.463 e. The number of nitrogens with two attached hydrogens (primary N) is 1. The third-order valence-electron chi connectivity index (χ3n) is 10.4. The van der Waals surface area contributed by atoms with Crippen LogP contribution in [0.4, 0.5) is 24.0 Å². The first-order valence-electron chi connectivity index (χ1n) is 16.4. The number of anilines is 2. The highest BCUT2D eigenvalue weighted by Crippen LogP contribution is 2.46. The van der Waals surface area contributed by atoms with E-state index in [2.05, 4.69) is 20.1 Å². The lowest BCUT2D eigenvalue weighted by atomic mass is 9.80. The molecule has 2 unspecified atom stereocenters. The fraction of sp³-hybridized carbons (Fsp3) is 0.500. The van der Waals surface area contributed by atoms with E-state index in [1.807, 2.05) is 6.07 Å². The predicted molar refractivity (Wildman–Crippen MR) is 181 cm³/mol. The van der Waals surface area contributed by atoms with Crippen molar-refractivity contribution in [2.75, 3.05) is 63.2 Å². The van der Waals surface area contributed by atoms with Crippen LogP contribution in [0.3, 0.4) is 0 Å². The lowest BCUT2D eigenvalue weighted by Crippen LogP contribution is -2.51. The fourth-order valence-electron chi connectivity index (χ4n) is 7.96. The molecule has 2 aromatic heterocycles. The molecule has 4 aliphatic rings. The molecule has 0 saturated carbocycles. The molecule has 4 saturated heterocycles. The summed E-state index contributed by atoms with van der Waals surface area (Å²) in [6.45, 7) is 4.54. The molecule has 0 radical (unpaired) electrons. The highest BCUT2D eigenvalue weighted by molar-refractivity contribution is 7.23. The van der Waals surface area contributed by atoms with Crippen LogP contribution in [0.5, 0.6) is 6.01 Å². The lowest BCUT2D eigenvalue weighted by molar-refractivity contribution is -0.0276. The van der Waals surface area contributed by atoms with Crippen LogP contribution >= 0.6 is 22.9 Å². The molecular weight excluding hydrogens is 663 g/mol. The van der Waals surface area contributed by atoms with Gasteiger partial charge in [0.25, 0.3) is 0 Å². The molecule has 8 rings (SSSR count). The highest BCUT2D eigenvalue weighted by atomic mass is 35.5. The van der Waals surface area contributed by atoms with Gasteiger partial charge in [-0.3, -0.25) is 4.90 Å². The molecule has 2 aromatic carbocycles. The van der Waals surface area contributed by atoms with Gasteiger partial charge < -0.3 is 25.4 Å². The van der Waals surface area contributed by atoms with Crippen molar-refractivity contribution >= 4 is 54.7 Å². The molecule has 4 fully saturated rings. The largest absolute Gasteiger partial charge is 0.463 e. The van der Waals surface area contributed by atoms with E-state index >= 15 is 4.39 Å². The number of halogens is 4. The number of nitrogen functional groups attached to an aromatic ring is 1. The van der Waals surface area contributed by atoms with Gasteiger partial charge in [-0.1, -0.05) is 17.7 Å². The first-order chi connectivity index (χ1) is 23.2. The maximum absolute atomic E-state index is 17.0. The molecule has 48 heavy (non-hydrogen) atoms. The molecule has 14 heteroatoms. The summed E-state index contributed by atoms with van der Waals surface area (Å²) in [4.78, 5) is 13.8. The lowest BCUT2D eigenvalue weighted by Gasteiger charge is -2.39. The van der Waals surface area contributed by atoms with Crippen LogP contribution in [0.2, 0.25) is 5.02 Å². The Morgan fingerprint density at radius 2 is 1.92 bits per heavy atom. The summed E-state index contributed by atoms with van der Waals surface area (Å²) in [7, 11) is 0. The molecule has 3 N–H and O–H groups in total. The first kappa shape index (κ1) is 31.8. The van der Waals surface area contributed by atoms with Gasteiger partial charge in [0.05, 0.1) is 21.9 Å². The summed E-state index contributed by atoms with van der Waals surface area (Å²) in [5, 5.41) is 14.4. The van der Waals surface area contributed by atoms with Gasteiger partial charge in [-0.05, 0) is 49.8 Å². The Labute approximate surface area is 284 Å². The van der Waals surface area contributed by atoms with Crippen LogP contribution in [-0.2, 0) is 4.74 Å². The van der Waals surface area contributed by atoms with E-state index in [-0.39, 0.29) is 72.4 Å². The monoisotopic (exact) mass is 697 g/mol. The van der Waals surface area contributed by atoms with E-state index < -0.39 is 17.8 Å². The van der Waals surface area contributed by atoms with Crippen molar-refractivity contribution in [2.24, 2.45) is 5.41 Å². The number of hydrogen-bond acceptors (Lipinski definition) is 10. The van der Waals surface area contributed by atoms with Gasteiger partial charge in [0.1, 0.15) is 34.4 Å². The van der Waals surface area contributed by atoms with Gasteiger partial charge >= 0.3 is 6.01 Å². The Morgan fingerprint density at radius 1 is 1.15 bits per heavy atom. The van der Waals surface area contributed by atoms with Crippen molar-refractivity contribution in [1.29, 1.82) is 5.26 Å². The molecule has 0 amide bonds. The van der Waals surface area contributed by atoms with Crippen molar-refractivity contribution in [3.63, 3.8) is 0 Å². The number of likely N-dealkylation sites (tertiary alicyclic amines) is 1. The maximum atomic E-state index is 17.0. The number of fused-ring (bicyclic) bond motifs is 4. The van der Waals surface area contributed by atoms with Crippen molar-refractivity contribution in [1.82, 2.24) is 20.2 Å². The van der Waals surface area contributed by atoms with Gasteiger partial charge in [-0.2, -0.15) is 15.2 Å². The predicted octanol–water partition coefficient (Wildman–Crippen LogP) is 6.06. The van der Waals surface area contributed by atoms with Crippen LogP contribution in [0.15, 0.2) is 18.2 Å². The van der Waals surface area contributed by atoms with E-state index in [1.165, 1.54) is 12.1 Å². The second kappa shape index (κ2) is 12.5. The number of ether oxygens (including phenoxy) is 2. The summed E-state index contributed by atoms with van der Waals surface area (Å²) in [5.41, 5.74) is 6.12. The van der Waals surface area contributed by atoms with Crippen LogP contribution in [0.1, 0.15) is 37.7 Å². The standard InChI is InChI=1S/C34H35ClF3N7O2S/c35-24-11-22-29(28(38)27(24)21-3-4-25(37)30-26(21)23(12-39)31(40)48-30)42-33(43-32(22)45-14-19-1-2-20(15-45)41-19)47-17-34(6-9-46-10-7-34)16-44-8-5-18(36)13-44/h3-4,11,18-20,41H,1-2,5-10,13-17,40H2/t18-,19?,20?/m1/s1. The summed E-state index contributed by atoms with van der Waals surface area (Å²) in [6.07, 6.45) is 3.25. The van der Waals surface area contributed by atoms with Crippen molar-refractivity contribution < 1.29 is 22.6 Å². The first-order valence-corrected chi connectivity index (χ1v) is 17.6. The molecule has 0 spiro atoms. The third-order valence-corrected chi connectivity index (χ3v) is 11.7. The maximum Gasteiger partial charge on any atom is 0.319 e. The van der Waals surface area contributed by atoms with Gasteiger partial charge in [0, 0.05) is 79.8 Å². The number of alkyl halides is 1. The molecule has 4 aliphatic heterocycles. The zero-order valence-electron chi connectivity index (χ0n) is 26.2. The Balaban J connectivity index is 1.24. The second-order valence-corrected chi connectivity index (χ2v) is 15.0. The average molecular weight is 698 g/mol. The van der Waals surface area contributed by atoms with Crippen LogP contribution in [-0.4, -0.2) is 85.7 Å². The number of piperazine rings is 1. The molecule has 9 nitrogen and oxygen atoms in total. The number of hydrogen-bond donors (Lipinski definition) is 2. The average Bonchev–Trinajstić information content (AvgIpc) is 3.76. The Bertz CT molecular complexity index is 1940. The van der Waals surface area contributed by atoms with Crippen LogP contribution in [0.25, 0.3) is 32.1 Å². The van der Waals surface area contributed by atoms with Gasteiger partial charge in [0.2, 0.25) is 0 Å². The smallest absolute Gasteiger partial charge is 0.319 e. The van der Waals surface area contributed by atoms with E-state index in [0.29, 0.717) is 63.6 Å². The SMILES string of the molecule is N#Cc1c(N)sc2c(F)ccc(-c3c(Cl)cc4c(N5CC6CCC(C5)N6)nc(OCC5(CN6CC[C@@H](F)C6)CCOCC5)nc4c3F)c12. The molecule has 0 aliphatic carbocycles. The topological polar surface area (TPSA) is 113 Å². The van der Waals surface area contributed by atoms with Crippen LogP contribution in [0, 0.1) is 28.4 Å². The van der Waals surface area contributed by atoms with Gasteiger partial charge in [0.15, 0.2) is 5.82 Å². The number of nitrogens with zero attached hydrogens (tertiary/aromatic N) is 5. The quantitative estimate of drug-likeness (QED) is 0.238. The zero-order chi connectivity index (χ0) is 33.2. The third kappa shape index (κ3) is 5.61. The molecule has 6 heterocycles. The van der Waals surface area contributed by atoms with E-state index in [0.717, 1.165) is 37.0 Å². The number of aromatic nitrogens is 2. The molecule has 2 bridgehead atoms. The van der Waals surface area contributed by atoms with E-state index in [9.17, 15) is 14.0 Å². The van der Waals surface area contributed by atoms with E-state index in [1.54, 1.807) is 6.07 Å². The molecular formula is C34H35ClF3N7O2S. The van der Waals surface area contributed by atoms with Crippen molar-refractivity contribution in [3.8, 4) is 23.2 Å². The summed E-state index contributed by atoms with van der Waals surface area (Å²) < 4.78 is 58.3. The van der Waals surface area contributed by atoms with Crippen molar-refractivity contribution in [3.05, 3.63) is 40.4 Å². The van der Waals surface area contributed by atoms with Gasteiger partial charge in [-0.25, -0.2) is 13.2 Å². The Morgan fingerprint density at radius 3 is 2.62 bits per heavy atom. The fourth-order valence-corrected chi connectivity index (χ4v) is 9.21. The Hall–Kier alpha value is -3.41. The number of nitriles is 1. The number of nitrogens with one attached hydrogen (secondary N) is 1. The highest BCUT2D eigenvalue weighted by Gasteiger charge is 2.39. The number of thiophene rings is 1. The van der Waals surface area contributed by atoms with Crippen molar-refractivity contribution in [2.45, 2.75) is 50.4 Å². The molecule has 3 atom stereocenters. The van der Waals surface area contributed by atoms with Crippen LogP contribution < -0.4 is 20.7 Å². The molecule has 252 valence electrons.